The molecule has 0 unspecified atom stereocenters. The summed E-state index contributed by atoms with van der Waals surface area (Å²) in [6.07, 6.45) is 3.28. The van der Waals surface area contributed by atoms with Crippen LogP contribution in [-0.2, 0) is 0 Å². The number of piperidine rings is 1. The predicted molar refractivity (Wildman–Crippen MR) is 115 cm³/mol. The number of hydrogen-bond donors (Lipinski definition) is 1. The zero-order valence-electron chi connectivity index (χ0n) is 15.4. The van der Waals surface area contributed by atoms with Gasteiger partial charge < -0.3 is 0 Å². The van der Waals surface area contributed by atoms with Crippen molar-refractivity contribution in [3.8, 4) is 16.9 Å². The lowest BCUT2D eigenvalue weighted by Crippen LogP contribution is -2.45. The average molecular weight is 451 g/mol. The van der Waals surface area contributed by atoms with Gasteiger partial charge in [-0.25, -0.2) is 9.69 Å². The van der Waals surface area contributed by atoms with Crippen LogP contribution in [-0.4, -0.2) is 39.0 Å². The van der Waals surface area contributed by atoms with Crippen molar-refractivity contribution in [1.82, 2.24) is 25.4 Å². The number of rotatable bonds is 4. The minimum atomic E-state index is -0.312. The second-order valence-corrected chi connectivity index (χ2v) is 8.07. The van der Waals surface area contributed by atoms with E-state index in [4.69, 9.17) is 34.8 Å². The third-order valence-corrected chi connectivity index (χ3v) is 5.55. The zero-order valence-corrected chi connectivity index (χ0v) is 17.7. The first kappa shape index (κ1) is 20.2. The number of carbonyl (C=O) groups excluding carboxylic acids is 1. The van der Waals surface area contributed by atoms with E-state index < -0.39 is 0 Å². The van der Waals surface area contributed by atoms with Gasteiger partial charge in [0.05, 0.1) is 10.7 Å². The minimum absolute atomic E-state index is 0.212. The fourth-order valence-electron chi connectivity index (χ4n) is 3.33. The zero-order chi connectivity index (χ0) is 20.4. The molecule has 0 bridgehead atoms. The molecule has 1 aromatic heterocycles. The van der Waals surface area contributed by atoms with E-state index in [0.29, 0.717) is 26.4 Å². The van der Waals surface area contributed by atoms with Crippen molar-refractivity contribution in [1.29, 1.82) is 0 Å². The lowest BCUT2D eigenvalue weighted by molar-refractivity contribution is 0.0745. The van der Waals surface area contributed by atoms with Crippen LogP contribution in [0.2, 0.25) is 15.1 Å². The van der Waals surface area contributed by atoms with E-state index in [-0.39, 0.29) is 11.6 Å². The van der Waals surface area contributed by atoms with Crippen LogP contribution < -0.4 is 5.43 Å². The molecule has 1 aliphatic rings. The number of hydrogen-bond acceptors (Lipinski definition) is 4. The normalized spacial score (nSPS) is 14.7. The Balaban J connectivity index is 1.78. The smallest absolute Gasteiger partial charge is 0.283 e. The number of halogens is 3. The maximum Gasteiger partial charge on any atom is 0.288 e. The fourth-order valence-corrected chi connectivity index (χ4v) is 3.94. The van der Waals surface area contributed by atoms with Crippen molar-refractivity contribution in [2.75, 3.05) is 13.1 Å². The largest absolute Gasteiger partial charge is 0.288 e. The van der Waals surface area contributed by atoms with Crippen LogP contribution in [0.5, 0.6) is 0 Å². The molecule has 1 fully saturated rings. The van der Waals surface area contributed by atoms with Crippen molar-refractivity contribution < 1.29 is 4.79 Å². The van der Waals surface area contributed by atoms with Gasteiger partial charge in [-0.3, -0.25) is 10.2 Å². The SMILES string of the molecule is O=C(NN1CCCCC1)c1nnn(-c2ccc(Cl)cc2Cl)c1-c1ccc(Cl)cc1. The molecule has 1 aliphatic heterocycles. The first-order valence-corrected chi connectivity index (χ1v) is 10.4. The molecule has 0 saturated carbocycles. The number of benzene rings is 2. The molecule has 9 heteroatoms. The maximum atomic E-state index is 13.0. The standard InChI is InChI=1S/C20H18Cl3N5O/c21-14-6-4-13(5-7-14)19-18(20(29)25-27-10-2-1-3-11-27)24-26-28(19)17-9-8-15(22)12-16(17)23/h4-9,12H,1-3,10-11H2,(H,25,29). The monoisotopic (exact) mass is 449 g/mol. The van der Waals surface area contributed by atoms with Crippen molar-refractivity contribution in [3.05, 3.63) is 63.2 Å². The van der Waals surface area contributed by atoms with Crippen LogP contribution in [0, 0.1) is 0 Å². The summed E-state index contributed by atoms with van der Waals surface area (Å²) in [5.41, 5.74) is 5.00. The molecular formula is C20H18Cl3N5O. The molecule has 0 aliphatic carbocycles. The van der Waals surface area contributed by atoms with Crippen molar-refractivity contribution in [2.45, 2.75) is 19.3 Å². The Morgan fingerprint density at radius 1 is 0.931 bits per heavy atom. The Morgan fingerprint density at radius 2 is 1.62 bits per heavy atom. The van der Waals surface area contributed by atoms with E-state index in [2.05, 4.69) is 15.7 Å². The second kappa shape index (κ2) is 8.71. The number of nitrogens with one attached hydrogen (secondary N) is 1. The molecule has 2 aromatic carbocycles. The van der Waals surface area contributed by atoms with E-state index in [9.17, 15) is 4.79 Å². The van der Waals surface area contributed by atoms with Gasteiger partial charge in [0.15, 0.2) is 5.69 Å². The van der Waals surface area contributed by atoms with Gasteiger partial charge in [-0.05, 0) is 43.2 Å². The molecule has 150 valence electrons. The van der Waals surface area contributed by atoms with Crippen molar-refractivity contribution in [2.24, 2.45) is 0 Å². The lowest BCUT2D eigenvalue weighted by Gasteiger charge is -2.26. The molecule has 3 aromatic rings. The summed E-state index contributed by atoms with van der Waals surface area (Å²) >= 11 is 18.5. The highest BCUT2D eigenvalue weighted by Gasteiger charge is 2.25. The van der Waals surface area contributed by atoms with E-state index in [1.165, 1.54) is 6.42 Å². The van der Waals surface area contributed by atoms with Gasteiger partial charge in [0, 0.05) is 28.7 Å². The fraction of sp³-hybridized carbons (Fsp3) is 0.250. The minimum Gasteiger partial charge on any atom is -0.283 e. The van der Waals surface area contributed by atoms with Crippen LogP contribution in [0.15, 0.2) is 42.5 Å². The van der Waals surface area contributed by atoms with Crippen LogP contribution in [0.25, 0.3) is 16.9 Å². The highest BCUT2D eigenvalue weighted by atomic mass is 35.5. The first-order valence-electron chi connectivity index (χ1n) is 9.26. The summed E-state index contributed by atoms with van der Waals surface area (Å²) < 4.78 is 1.55. The second-order valence-electron chi connectivity index (χ2n) is 6.79. The molecule has 1 amide bonds. The Hall–Kier alpha value is -2.12. The molecule has 1 saturated heterocycles. The summed E-state index contributed by atoms with van der Waals surface area (Å²) in [5, 5.41) is 11.8. The third kappa shape index (κ3) is 4.41. The Labute approximate surface area is 183 Å². The highest BCUT2D eigenvalue weighted by Crippen LogP contribution is 2.31. The Bertz CT molecular complexity index is 1030. The summed E-state index contributed by atoms with van der Waals surface area (Å²) in [5.74, 6) is -0.312. The number of carbonyl (C=O) groups is 1. The molecule has 0 radical (unpaired) electrons. The van der Waals surface area contributed by atoms with E-state index in [1.54, 1.807) is 35.0 Å². The maximum absolute atomic E-state index is 13.0. The van der Waals surface area contributed by atoms with E-state index >= 15 is 0 Å². The lowest BCUT2D eigenvalue weighted by atomic mass is 10.1. The van der Waals surface area contributed by atoms with Gasteiger partial charge >= 0.3 is 0 Å². The van der Waals surface area contributed by atoms with Crippen molar-refractivity contribution >= 4 is 40.7 Å². The Kier molecular flexibility index (Phi) is 6.06. The van der Waals surface area contributed by atoms with Gasteiger partial charge in [-0.15, -0.1) is 5.10 Å². The van der Waals surface area contributed by atoms with Crippen LogP contribution in [0.3, 0.4) is 0 Å². The summed E-state index contributed by atoms with van der Waals surface area (Å²) in [4.78, 5) is 13.0. The van der Waals surface area contributed by atoms with Gasteiger partial charge in [0.25, 0.3) is 5.91 Å². The number of hydrazine groups is 1. The van der Waals surface area contributed by atoms with E-state index in [0.717, 1.165) is 31.5 Å². The molecular weight excluding hydrogens is 433 g/mol. The molecule has 1 N–H and O–H groups in total. The predicted octanol–water partition coefficient (Wildman–Crippen LogP) is 5.03. The molecule has 0 spiro atoms. The van der Waals surface area contributed by atoms with Gasteiger partial charge in [-0.2, -0.15) is 0 Å². The molecule has 2 heterocycles. The quantitative estimate of drug-likeness (QED) is 0.606. The summed E-state index contributed by atoms with van der Waals surface area (Å²) in [7, 11) is 0. The average Bonchev–Trinajstić information content (AvgIpc) is 3.14. The van der Waals surface area contributed by atoms with Crippen LogP contribution >= 0.6 is 34.8 Å². The Morgan fingerprint density at radius 3 is 2.31 bits per heavy atom. The summed E-state index contributed by atoms with van der Waals surface area (Å²) in [6.45, 7) is 1.64. The first-order chi connectivity index (χ1) is 14.0. The number of aromatic nitrogens is 3. The molecule has 29 heavy (non-hydrogen) atoms. The number of nitrogens with zero attached hydrogens (tertiary/aromatic N) is 4. The summed E-state index contributed by atoms with van der Waals surface area (Å²) in [6, 6.07) is 12.2. The van der Waals surface area contributed by atoms with Gasteiger partial charge in [-0.1, -0.05) is 58.6 Å². The van der Waals surface area contributed by atoms with Gasteiger partial charge in [0.1, 0.15) is 5.69 Å². The van der Waals surface area contributed by atoms with Gasteiger partial charge in [0.2, 0.25) is 0 Å². The third-order valence-electron chi connectivity index (χ3n) is 4.76. The number of amides is 1. The van der Waals surface area contributed by atoms with Crippen molar-refractivity contribution in [3.63, 3.8) is 0 Å². The van der Waals surface area contributed by atoms with Crippen LogP contribution in [0.1, 0.15) is 29.8 Å². The molecule has 4 rings (SSSR count). The molecule has 0 atom stereocenters. The highest BCUT2D eigenvalue weighted by molar-refractivity contribution is 6.35. The van der Waals surface area contributed by atoms with E-state index in [1.807, 2.05) is 17.1 Å². The molecule has 6 nitrogen and oxygen atoms in total. The van der Waals surface area contributed by atoms with Crippen LogP contribution in [0.4, 0.5) is 0 Å². The topological polar surface area (TPSA) is 63.1 Å².